The molecular weight excluding hydrogens is 435 g/mol. The number of ether oxygens (including phenoxy) is 1. The smallest absolute Gasteiger partial charge is 0.248 e. The second-order valence-electron chi connectivity index (χ2n) is 7.93. The Morgan fingerprint density at radius 2 is 1.87 bits per heavy atom. The van der Waals surface area contributed by atoms with Crippen LogP contribution in [0.15, 0.2) is 48.5 Å². The molecule has 3 atom stereocenters. The molecule has 0 saturated heterocycles. The predicted molar refractivity (Wildman–Crippen MR) is 125 cm³/mol. The summed E-state index contributed by atoms with van der Waals surface area (Å²) in [6, 6.07) is 13.2. The van der Waals surface area contributed by atoms with Gasteiger partial charge in [0, 0.05) is 22.8 Å². The summed E-state index contributed by atoms with van der Waals surface area (Å²) in [5.41, 5.74) is 1.20. The van der Waals surface area contributed by atoms with E-state index in [1.165, 1.54) is 11.3 Å². The van der Waals surface area contributed by atoms with Crippen LogP contribution in [0, 0.1) is 5.92 Å². The molecule has 2 aromatic rings. The Kier molecular flexibility index (Phi) is 8.22. The third kappa shape index (κ3) is 5.72. The number of nitrogens with zero attached hydrogens (tertiary/aromatic N) is 1. The van der Waals surface area contributed by atoms with E-state index < -0.39 is 6.04 Å². The van der Waals surface area contributed by atoms with Crippen LogP contribution < -0.4 is 15.0 Å². The van der Waals surface area contributed by atoms with Crippen molar-refractivity contribution < 1.29 is 14.3 Å². The van der Waals surface area contributed by atoms with E-state index in [9.17, 15) is 9.59 Å². The minimum atomic E-state index is -0.884. The van der Waals surface area contributed by atoms with Gasteiger partial charge in [-0.1, -0.05) is 49.6 Å². The Hall–Kier alpha value is -2.24. The molecule has 0 heterocycles. The lowest BCUT2D eigenvalue weighted by molar-refractivity contribution is -0.126. The molecule has 3 rings (SSSR count). The van der Waals surface area contributed by atoms with Crippen LogP contribution in [0.2, 0.25) is 5.02 Å². The first-order valence-electron chi connectivity index (χ1n) is 10.5. The fourth-order valence-corrected chi connectivity index (χ4v) is 4.37. The van der Waals surface area contributed by atoms with E-state index in [4.69, 9.17) is 27.9 Å². The summed E-state index contributed by atoms with van der Waals surface area (Å²) in [5, 5.41) is 3.76. The minimum absolute atomic E-state index is 0.0781. The zero-order valence-corrected chi connectivity index (χ0v) is 19.3. The number of rotatable bonds is 7. The number of alkyl halides is 1. The number of nitrogens with one attached hydrogen (secondary N) is 1. The van der Waals surface area contributed by atoms with E-state index in [2.05, 4.69) is 12.2 Å². The van der Waals surface area contributed by atoms with E-state index in [1.54, 1.807) is 55.6 Å². The molecule has 0 aliphatic heterocycles. The zero-order chi connectivity index (χ0) is 22.4. The van der Waals surface area contributed by atoms with Crippen molar-refractivity contribution in [1.82, 2.24) is 5.32 Å². The summed E-state index contributed by atoms with van der Waals surface area (Å²) in [4.78, 5) is 28.1. The average Bonchev–Trinajstić information content (AvgIpc) is 2.79. The van der Waals surface area contributed by atoms with Crippen molar-refractivity contribution >= 4 is 40.7 Å². The number of halogens is 2. The maximum absolute atomic E-state index is 13.6. The summed E-state index contributed by atoms with van der Waals surface area (Å²) in [5.74, 6) is 0.108. The Morgan fingerprint density at radius 1 is 1.16 bits per heavy atom. The molecule has 7 heteroatoms. The lowest BCUT2D eigenvalue weighted by atomic mass is 9.85. The first-order chi connectivity index (χ1) is 14.9. The highest BCUT2D eigenvalue weighted by atomic mass is 35.5. The Labute approximate surface area is 193 Å². The summed E-state index contributed by atoms with van der Waals surface area (Å²) >= 11 is 12.0. The van der Waals surface area contributed by atoms with Gasteiger partial charge >= 0.3 is 0 Å². The van der Waals surface area contributed by atoms with Crippen molar-refractivity contribution in [1.29, 1.82) is 0 Å². The monoisotopic (exact) mass is 462 g/mol. The van der Waals surface area contributed by atoms with Crippen molar-refractivity contribution in [2.45, 2.75) is 44.7 Å². The number of anilines is 1. The highest BCUT2D eigenvalue weighted by molar-refractivity contribution is 6.30. The minimum Gasteiger partial charge on any atom is -0.497 e. The second kappa shape index (κ2) is 10.9. The Balaban J connectivity index is 2.03. The van der Waals surface area contributed by atoms with Gasteiger partial charge in [0.2, 0.25) is 11.8 Å². The van der Waals surface area contributed by atoms with Crippen LogP contribution in [0.1, 0.15) is 44.2 Å². The zero-order valence-electron chi connectivity index (χ0n) is 17.8. The molecule has 0 bridgehead atoms. The lowest BCUT2D eigenvalue weighted by Gasteiger charge is -2.35. The maximum Gasteiger partial charge on any atom is 0.248 e. The first-order valence-corrected chi connectivity index (χ1v) is 11.4. The molecule has 2 aromatic carbocycles. The highest BCUT2D eigenvalue weighted by Gasteiger charge is 2.34. The van der Waals surface area contributed by atoms with E-state index in [1.807, 2.05) is 0 Å². The number of benzene rings is 2. The van der Waals surface area contributed by atoms with Gasteiger partial charge in [-0.05, 0) is 48.6 Å². The second-order valence-corrected chi connectivity index (χ2v) is 8.63. The van der Waals surface area contributed by atoms with E-state index in [-0.39, 0.29) is 23.7 Å². The molecule has 166 valence electrons. The van der Waals surface area contributed by atoms with E-state index in [0.29, 0.717) is 27.9 Å². The number of hydrogen-bond acceptors (Lipinski definition) is 3. The van der Waals surface area contributed by atoms with E-state index in [0.717, 1.165) is 19.3 Å². The van der Waals surface area contributed by atoms with Crippen LogP contribution in [0.3, 0.4) is 0 Å². The third-order valence-electron chi connectivity index (χ3n) is 5.85. The molecule has 0 aromatic heterocycles. The quantitative estimate of drug-likeness (QED) is 0.563. The van der Waals surface area contributed by atoms with Gasteiger partial charge in [0.25, 0.3) is 0 Å². The van der Waals surface area contributed by atoms with Gasteiger partial charge in [-0.2, -0.15) is 0 Å². The van der Waals surface area contributed by atoms with Crippen molar-refractivity contribution in [3.63, 3.8) is 0 Å². The van der Waals surface area contributed by atoms with Gasteiger partial charge in [0.1, 0.15) is 17.7 Å². The number of methoxy groups -OCH3 is 1. The fraction of sp³-hybridized carbons (Fsp3) is 0.417. The van der Waals surface area contributed by atoms with Crippen LogP contribution in [-0.2, 0) is 9.59 Å². The summed E-state index contributed by atoms with van der Waals surface area (Å²) < 4.78 is 5.33. The Bertz CT molecular complexity index is 904. The molecule has 0 spiro atoms. The van der Waals surface area contributed by atoms with Gasteiger partial charge < -0.3 is 10.1 Å². The number of amides is 2. The van der Waals surface area contributed by atoms with Crippen molar-refractivity contribution in [2.75, 3.05) is 17.9 Å². The molecule has 31 heavy (non-hydrogen) atoms. The SMILES string of the molecule is COc1cccc(N(C(=O)CCl)[C@H](C(=O)N[C@H]2CCCC[C@@H]2C)c2ccc(Cl)cc2)c1. The molecule has 1 fully saturated rings. The van der Waals surface area contributed by atoms with Gasteiger partial charge in [0.05, 0.1) is 7.11 Å². The van der Waals surface area contributed by atoms with Crippen molar-refractivity contribution in [2.24, 2.45) is 5.92 Å². The molecule has 2 amide bonds. The number of carbonyl (C=O) groups is 2. The predicted octanol–water partition coefficient (Wildman–Crippen LogP) is 5.36. The topological polar surface area (TPSA) is 58.6 Å². The fourth-order valence-electron chi connectivity index (χ4n) is 4.12. The average molecular weight is 463 g/mol. The van der Waals surface area contributed by atoms with Gasteiger partial charge in [-0.25, -0.2) is 0 Å². The van der Waals surface area contributed by atoms with Crippen LogP contribution in [-0.4, -0.2) is 30.8 Å². The molecular formula is C24H28Cl2N2O3. The summed E-state index contributed by atoms with van der Waals surface area (Å²) in [6.07, 6.45) is 4.27. The normalized spacial score (nSPS) is 19.4. The van der Waals surface area contributed by atoms with E-state index >= 15 is 0 Å². The van der Waals surface area contributed by atoms with Crippen LogP contribution in [0.25, 0.3) is 0 Å². The largest absolute Gasteiger partial charge is 0.497 e. The highest BCUT2D eigenvalue weighted by Crippen LogP contribution is 2.32. The molecule has 1 N–H and O–H groups in total. The summed E-state index contributed by atoms with van der Waals surface area (Å²) in [7, 11) is 1.56. The number of hydrogen-bond donors (Lipinski definition) is 1. The lowest BCUT2D eigenvalue weighted by Crippen LogP contribution is -2.49. The molecule has 0 unspecified atom stereocenters. The Morgan fingerprint density at radius 3 is 2.52 bits per heavy atom. The molecule has 1 saturated carbocycles. The van der Waals surface area contributed by atoms with Crippen LogP contribution in [0.4, 0.5) is 5.69 Å². The van der Waals surface area contributed by atoms with Crippen molar-refractivity contribution in [3.8, 4) is 5.75 Å². The third-order valence-corrected chi connectivity index (χ3v) is 6.33. The number of carbonyl (C=O) groups excluding carboxylic acids is 2. The first kappa shape index (κ1) is 23.4. The molecule has 1 aliphatic carbocycles. The molecule has 1 aliphatic rings. The van der Waals surface area contributed by atoms with Gasteiger partial charge in [-0.3, -0.25) is 14.5 Å². The van der Waals surface area contributed by atoms with Crippen LogP contribution >= 0.6 is 23.2 Å². The molecule has 0 radical (unpaired) electrons. The van der Waals surface area contributed by atoms with Gasteiger partial charge in [-0.15, -0.1) is 11.6 Å². The maximum atomic E-state index is 13.6. The summed E-state index contributed by atoms with van der Waals surface area (Å²) in [6.45, 7) is 2.16. The van der Waals surface area contributed by atoms with Crippen LogP contribution in [0.5, 0.6) is 5.75 Å². The standard InChI is InChI=1S/C24H28Cl2N2O3/c1-16-6-3-4-9-21(16)27-24(30)23(17-10-12-18(26)13-11-17)28(22(29)15-25)19-7-5-8-20(14-19)31-2/h5,7-8,10-14,16,21,23H,3-4,6,9,15H2,1-2H3,(H,27,30)/t16-,21-,23-/m0/s1. The van der Waals surface area contributed by atoms with Gasteiger partial charge in [0.15, 0.2) is 0 Å². The van der Waals surface area contributed by atoms with Crippen molar-refractivity contribution in [3.05, 3.63) is 59.1 Å². The molecule has 5 nitrogen and oxygen atoms in total.